The third-order valence-electron chi connectivity index (χ3n) is 8.02. The van der Waals surface area contributed by atoms with E-state index in [-0.39, 0.29) is 41.5 Å². The second-order valence-corrected chi connectivity index (χ2v) is 11.3. The van der Waals surface area contributed by atoms with E-state index in [2.05, 4.69) is 5.32 Å². The SMILES string of the molecule is CC(C)COC(=O)NCc1ccc(-c2ccc(O)c3c2C[C@H]2C[C@H]4CC(=O)C(C(N)=O)=C(O)C4C(=O)C2=C3O)cc1. The molecule has 3 atom stereocenters. The monoisotopic (exact) mass is 560 g/mol. The number of carbonyl (C=O) groups is 4. The van der Waals surface area contributed by atoms with Crippen LogP contribution in [0.15, 0.2) is 53.3 Å². The maximum Gasteiger partial charge on any atom is 0.407 e. The highest BCUT2D eigenvalue weighted by Crippen LogP contribution is 2.51. The van der Waals surface area contributed by atoms with Crippen LogP contribution in [0.4, 0.5) is 4.79 Å². The van der Waals surface area contributed by atoms with E-state index < -0.39 is 52.7 Å². The summed E-state index contributed by atoms with van der Waals surface area (Å²) in [4.78, 5) is 49.8. The molecule has 0 saturated heterocycles. The molecular formula is C31H32N2O8. The number of phenols is 1. The molecule has 1 fully saturated rings. The number of primary amides is 1. The molecule has 3 aliphatic carbocycles. The van der Waals surface area contributed by atoms with Crippen molar-refractivity contribution in [2.75, 3.05) is 6.61 Å². The molecule has 1 saturated carbocycles. The molecule has 0 bridgehead atoms. The molecule has 5 rings (SSSR count). The lowest BCUT2D eigenvalue weighted by molar-refractivity contribution is -0.127. The number of phenolic OH excluding ortho intramolecular Hbond substituents is 1. The first-order valence-electron chi connectivity index (χ1n) is 13.6. The first kappa shape index (κ1) is 27.9. The Morgan fingerprint density at radius 2 is 1.76 bits per heavy atom. The number of nitrogens with one attached hydrogen (secondary N) is 1. The fourth-order valence-corrected chi connectivity index (χ4v) is 6.18. The van der Waals surface area contributed by atoms with Crippen LogP contribution in [0.2, 0.25) is 0 Å². The molecule has 1 unspecified atom stereocenters. The Hall–Kier alpha value is -4.60. The molecule has 41 heavy (non-hydrogen) atoms. The molecule has 2 aromatic rings. The fraction of sp³-hybridized carbons (Fsp3) is 0.355. The van der Waals surface area contributed by atoms with Gasteiger partial charge in [0, 0.05) is 18.5 Å². The summed E-state index contributed by atoms with van der Waals surface area (Å²) in [6.07, 6.45) is 0.0412. The summed E-state index contributed by atoms with van der Waals surface area (Å²) < 4.78 is 5.13. The van der Waals surface area contributed by atoms with Crippen molar-refractivity contribution in [3.05, 3.63) is 70.0 Å². The third kappa shape index (κ3) is 5.05. The van der Waals surface area contributed by atoms with Gasteiger partial charge in [-0.1, -0.05) is 44.2 Å². The van der Waals surface area contributed by atoms with Crippen molar-refractivity contribution in [3.8, 4) is 16.9 Å². The van der Waals surface area contributed by atoms with Gasteiger partial charge in [0.15, 0.2) is 11.6 Å². The van der Waals surface area contributed by atoms with E-state index in [1.165, 1.54) is 6.07 Å². The number of benzene rings is 2. The van der Waals surface area contributed by atoms with Gasteiger partial charge >= 0.3 is 6.09 Å². The smallest absolute Gasteiger partial charge is 0.407 e. The number of allylic oxidation sites excluding steroid dienone is 2. The minimum absolute atomic E-state index is 0.0710. The molecule has 0 aromatic heterocycles. The second-order valence-electron chi connectivity index (χ2n) is 11.3. The van der Waals surface area contributed by atoms with Crippen molar-refractivity contribution >= 4 is 29.3 Å². The van der Waals surface area contributed by atoms with E-state index in [0.717, 1.165) is 16.7 Å². The molecule has 2 amide bonds. The van der Waals surface area contributed by atoms with Crippen molar-refractivity contribution in [2.24, 2.45) is 29.4 Å². The maximum absolute atomic E-state index is 13.6. The van der Waals surface area contributed by atoms with E-state index >= 15 is 0 Å². The fourth-order valence-electron chi connectivity index (χ4n) is 6.18. The van der Waals surface area contributed by atoms with Crippen molar-refractivity contribution in [1.29, 1.82) is 0 Å². The zero-order valence-corrected chi connectivity index (χ0v) is 22.8. The third-order valence-corrected chi connectivity index (χ3v) is 8.02. The van der Waals surface area contributed by atoms with Crippen molar-refractivity contribution in [2.45, 2.75) is 39.7 Å². The molecule has 214 valence electrons. The lowest BCUT2D eigenvalue weighted by Gasteiger charge is -2.41. The number of alkyl carbamates (subject to hydrolysis) is 1. The van der Waals surface area contributed by atoms with Crippen LogP contribution in [0.5, 0.6) is 5.75 Å². The number of nitrogens with two attached hydrogens (primary N) is 1. The van der Waals surface area contributed by atoms with Gasteiger partial charge < -0.3 is 31.1 Å². The number of hydrogen-bond donors (Lipinski definition) is 5. The number of aliphatic hydroxyl groups excluding tert-OH is 2. The topological polar surface area (TPSA) is 176 Å². The van der Waals surface area contributed by atoms with Crippen molar-refractivity contribution < 1.29 is 39.2 Å². The van der Waals surface area contributed by atoms with Crippen LogP contribution in [-0.2, 0) is 32.1 Å². The van der Waals surface area contributed by atoms with Crippen LogP contribution in [0.25, 0.3) is 16.9 Å². The molecule has 6 N–H and O–H groups in total. The Bertz CT molecular complexity index is 1520. The normalized spacial score (nSPS) is 21.8. The predicted molar refractivity (Wildman–Crippen MR) is 148 cm³/mol. The second kappa shape index (κ2) is 10.8. The van der Waals surface area contributed by atoms with Gasteiger partial charge in [-0.05, 0) is 58.9 Å². The summed E-state index contributed by atoms with van der Waals surface area (Å²) in [5.41, 5.74) is 8.01. The zero-order valence-electron chi connectivity index (χ0n) is 22.8. The molecule has 0 spiro atoms. The van der Waals surface area contributed by atoms with E-state index in [1.807, 2.05) is 38.1 Å². The summed E-state index contributed by atoms with van der Waals surface area (Å²) in [6.45, 7) is 4.51. The highest BCUT2D eigenvalue weighted by atomic mass is 16.5. The number of carbonyl (C=O) groups excluding carboxylic acids is 4. The van der Waals surface area contributed by atoms with Gasteiger partial charge in [0.1, 0.15) is 22.8 Å². The van der Waals surface area contributed by atoms with E-state index in [0.29, 0.717) is 25.0 Å². The first-order chi connectivity index (χ1) is 19.5. The van der Waals surface area contributed by atoms with Gasteiger partial charge in [-0.2, -0.15) is 0 Å². The van der Waals surface area contributed by atoms with Gasteiger partial charge in [-0.3, -0.25) is 14.4 Å². The maximum atomic E-state index is 13.6. The van der Waals surface area contributed by atoms with Crippen LogP contribution in [0, 0.1) is 23.7 Å². The Morgan fingerprint density at radius 1 is 1.05 bits per heavy atom. The quantitative estimate of drug-likeness (QED) is 0.331. The van der Waals surface area contributed by atoms with E-state index in [4.69, 9.17) is 10.5 Å². The number of fused-ring (bicyclic) bond motifs is 3. The van der Waals surface area contributed by atoms with Gasteiger partial charge in [-0.15, -0.1) is 0 Å². The van der Waals surface area contributed by atoms with Crippen LogP contribution in [-0.4, -0.2) is 45.5 Å². The Morgan fingerprint density at radius 3 is 2.41 bits per heavy atom. The first-order valence-corrected chi connectivity index (χ1v) is 13.6. The zero-order chi connectivity index (χ0) is 29.6. The average molecular weight is 561 g/mol. The Kier molecular flexibility index (Phi) is 7.33. The number of aromatic hydroxyl groups is 1. The molecule has 10 nitrogen and oxygen atoms in total. The minimum Gasteiger partial charge on any atom is -0.511 e. The highest BCUT2D eigenvalue weighted by Gasteiger charge is 2.51. The molecule has 0 radical (unpaired) electrons. The predicted octanol–water partition coefficient (Wildman–Crippen LogP) is 3.86. The van der Waals surface area contributed by atoms with Crippen LogP contribution >= 0.6 is 0 Å². The van der Waals surface area contributed by atoms with Crippen molar-refractivity contribution in [1.82, 2.24) is 5.32 Å². The van der Waals surface area contributed by atoms with Crippen LogP contribution in [0.1, 0.15) is 43.4 Å². The summed E-state index contributed by atoms with van der Waals surface area (Å²) in [7, 11) is 0. The lowest BCUT2D eigenvalue weighted by atomic mass is 9.61. The molecule has 2 aromatic carbocycles. The largest absolute Gasteiger partial charge is 0.511 e. The molecule has 0 heterocycles. The van der Waals surface area contributed by atoms with E-state index in [9.17, 15) is 34.5 Å². The number of ketones is 2. The minimum atomic E-state index is -1.15. The van der Waals surface area contributed by atoms with Crippen molar-refractivity contribution in [3.63, 3.8) is 0 Å². The molecule has 3 aliphatic rings. The number of rotatable bonds is 6. The number of amides is 2. The number of Topliss-reactive ketones (excluding diaryl/α,β-unsaturated/α-hetero) is 2. The van der Waals surface area contributed by atoms with E-state index in [1.54, 1.807) is 6.07 Å². The Labute approximate surface area is 236 Å². The lowest BCUT2D eigenvalue weighted by Crippen LogP contribution is -2.44. The number of hydrogen-bond acceptors (Lipinski definition) is 8. The van der Waals surface area contributed by atoms with Crippen LogP contribution < -0.4 is 11.1 Å². The summed E-state index contributed by atoms with van der Waals surface area (Å²) in [5, 5.41) is 35.4. The van der Waals surface area contributed by atoms with Gasteiger partial charge in [0.2, 0.25) is 0 Å². The van der Waals surface area contributed by atoms with Gasteiger partial charge in [0.05, 0.1) is 18.1 Å². The average Bonchev–Trinajstić information content (AvgIpc) is 2.90. The molecule has 10 heteroatoms. The molecule has 0 aliphatic heterocycles. The summed E-state index contributed by atoms with van der Waals surface area (Å²) in [5.74, 6) is -5.39. The number of aliphatic hydroxyl groups is 2. The summed E-state index contributed by atoms with van der Waals surface area (Å²) >= 11 is 0. The summed E-state index contributed by atoms with van der Waals surface area (Å²) in [6, 6.07) is 10.6. The van der Waals surface area contributed by atoms with Gasteiger partial charge in [-0.25, -0.2) is 4.79 Å². The standard InChI is InChI=1S/C31H32N2O8/c1-14(2)13-41-31(40)33-12-15-3-5-16(6-4-15)19-7-8-21(34)25-20(19)10-17-9-18-11-22(35)26(30(32)39)29(38)24(18)27(36)23(17)28(25)37/h3-8,14,17-18,24,34,37-38H,9-13H2,1-2H3,(H2,32,39)(H,33,40)/t17-,18+,24?/m1/s1. The van der Waals surface area contributed by atoms with Gasteiger partial charge in [0.25, 0.3) is 5.91 Å². The van der Waals surface area contributed by atoms with Crippen LogP contribution in [0.3, 0.4) is 0 Å². The molecular weight excluding hydrogens is 528 g/mol. The number of ether oxygens (including phenoxy) is 1. The Balaban J connectivity index is 1.45. The highest BCUT2D eigenvalue weighted by molar-refractivity contribution is 6.21.